The third-order valence-electron chi connectivity index (χ3n) is 2.91. The van der Waals surface area contributed by atoms with Gasteiger partial charge in [0.25, 0.3) is 0 Å². The second-order valence-corrected chi connectivity index (χ2v) is 5.84. The van der Waals surface area contributed by atoms with Crippen LogP contribution in [0, 0.1) is 15.5 Å². The molecule has 1 aromatic rings. The minimum atomic E-state index is -0.871. The first kappa shape index (κ1) is 16.4. The Kier molecular flexibility index (Phi) is 5.50. The zero-order chi connectivity index (χ0) is 15.3. The highest BCUT2D eigenvalue weighted by atomic mass is 79.9. The monoisotopic (exact) mass is 345 g/mol. The van der Waals surface area contributed by atoms with Gasteiger partial charge < -0.3 is 9.84 Å². The van der Waals surface area contributed by atoms with Crippen molar-refractivity contribution in [3.63, 3.8) is 0 Å². The van der Waals surface area contributed by atoms with E-state index in [-0.39, 0.29) is 18.0 Å². The van der Waals surface area contributed by atoms with Gasteiger partial charge in [0.15, 0.2) is 0 Å². The van der Waals surface area contributed by atoms with Gasteiger partial charge in [-0.3, -0.25) is 14.9 Å². The lowest BCUT2D eigenvalue weighted by atomic mass is 9.88. The number of aliphatic carboxylic acids is 1. The zero-order valence-corrected chi connectivity index (χ0v) is 12.8. The molecule has 0 atom stereocenters. The molecule has 20 heavy (non-hydrogen) atoms. The molecule has 0 aliphatic carbocycles. The van der Waals surface area contributed by atoms with Crippen molar-refractivity contribution in [2.75, 3.05) is 6.61 Å². The lowest BCUT2D eigenvalue weighted by Gasteiger charge is -2.18. The van der Waals surface area contributed by atoms with Crippen LogP contribution in [0.3, 0.4) is 0 Å². The molecular formula is C13H16BrNO5. The largest absolute Gasteiger partial charge is 0.486 e. The van der Waals surface area contributed by atoms with E-state index < -0.39 is 16.3 Å². The molecule has 0 spiro atoms. The quantitative estimate of drug-likeness (QED) is 0.463. The summed E-state index contributed by atoms with van der Waals surface area (Å²) in [5, 5.41) is 19.9. The maximum absolute atomic E-state index is 10.9. The van der Waals surface area contributed by atoms with Gasteiger partial charge >= 0.3 is 11.7 Å². The van der Waals surface area contributed by atoms with Crippen molar-refractivity contribution in [1.29, 1.82) is 0 Å². The Morgan fingerprint density at radius 1 is 1.50 bits per heavy atom. The number of halogens is 1. The number of nitrogens with zero attached hydrogens (tertiary/aromatic N) is 1. The Hall–Kier alpha value is -1.63. The number of hydrogen-bond donors (Lipinski definition) is 1. The minimum Gasteiger partial charge on any atom is -0.486 e. The van der Waals surface area contributed by atoms with Crippen LogP contribution in [0.4, 0.5) is 5.69 Å². The van der Waals surface area contributed by atoms with E-state index in [0.29, 0.717) is 17.3 Å². The molecule has 0 aromatic heterocycles. The van der Waals surface area contributed by atoms with Crippen molar-refractivity contribution in [1.82, 2.24) is 0 Å². The molecule has 0 saturated carbocycles. The highest BCUT2D eigenvalue weighted by Crippen LogP contribution is 2.35. The van der Waals surface area contributed by atoms with E-state index in [1.54, 1.807) is 26.0 Å². The number of rotatable bonds is 7. The van der Waals surface area contributed by atoms with Crippen molar-refractivity contribution in [3.05, 3.63) is 32.8 Å². The predicted octanol–water partition coefficient (Wildman–Crippen LogP) is 3.63. The molecule has 0 bridgehead atoms. The van der Waals surface area contributed by atoms with Crippen LogP contribution < -0.4 is 4.74 Å². The fourth-order valence-corrected chi connectivity index (χ4v) is 2.05. The van der Waals surface area contributed by atoms with Crippen molar-refractivity contribution in [2.45, 2.75) is 26.7 Å². The Morgan fingerprint density at radius 2 is 2.15 bits per heavy atom. The molecule has 0 amide bonds. The number of carboxylic acids is 1. The van der Waals surface area contributed by atoms with E-state index in [1.165, 1.54) is 6.07 Å². The third-order valence-corrected chi connectivity index (χ3v) is 3.54. The molecule has 0 aliphatic heterocycles. The Bertz CT molecular complexity index is 515. The van der Waals surface area contributed by atoms with E-state index in [1.807, 2.05) is 0 Å². The first-order valence-electron chi connectivity index (χ1n) is 6.05. The normalized spacial score (nSPS) is 11.2. The molecule has 1 N–H and O–H groups in total. The summed E-state index contributed by atoms with van der Waals surface area (Å²) in [7, 11) is 0. The molecule has 0 saturated heterocycles. The standard InChI is InChI=1S/C13H16BrNO5/c1-13(2,12(16)17)7-4-8-20-11-9(14)5-3-6-10(11)15(18)19/h3,5-6H,4,7-8H2,1-2H3,(H,16,17). The molecule has 0 heterocycles. The molecular weight excluding hydrogens is 330 g/mol. The highest BCUT2D eigenvalue weighted by molar-refractivity contribution is 9.10. The van der Waals surface area contributed by atoms with Gasteiger partial charge in [-0.2, -0.15) is 0 Å². The van der Waals surface area contributed by atoms with Crippen molar-refractivity contribution >= 4 is 27.6 Å². The number of para-hydroxylation sites is 1. The molecule has 7 heteroatoms. The van der Waals surface area contributed by atoms with Gasteiger partial charge in [-0.05, 0) is 48.7 Å². The molecule has 0 fully saturated rings. The number of benzene rings is 1. The summed E-state index contributed by atoms with van der Waals surface area (Å²) in [5.41, 5.74) is -0.944. The fraction of sp³-hybridized carbons (Fsp3) is 0.462. The average molecular weight is 346 g/mol. The summed E-state index contributed by atoms with van der Waals surface area (Å²) in [6, 6.07) is 4.58. The van der Waals surface area contributed by atoms with Crippen molar-refractivity contribution in [2.24, 2.45) is 5.41 Å². The number of carbonyl (C=O) groups is 1. The second-order valence-electron chi connectivity index (χ2n) is 4.99. The molecule has 0 radical (unpaired) electrons. The van der Waals surface area contributed by atoms with Crippen LogP contribution in [-0.2, 0) is 4.79 Å². The van der Waals surface area contributed by atoms with Crippen LogP contribution >= 0.6 is 15.9 Å². The van der Waals surface area contributed by atoms with Crippen LogP contribution in [0.25, 0.3) is 0 Å². The van der Waals surface area contributed by atoms with Gasteiger partial charge in [-0.15, -0.1) is 0 Å². The summed E-state index contributed by atoms with van der Waals surface area (Å²) in [6.45, 7) is 3.49. The lowest BCUT2D eigenvalue weighted by Crippen LogP contribution is -2.24. The van der Waals surface area contributed by atoms with Gasteiger partial charge in [-0.1, -0.05) is 6.07 Å². The lowest BCUT2D eigenvalue weighted by molar-refractivity contribution is -0.386. The maximum atomic E-state index is 10.9. The molecule has 0 aliphatic rings. The minimum absolute atomic E-state index is 0.114. The predicted molar refractivity (Wildman–Crippen MR) is 76.9 cm³/mol. The summed E-state index contributed by atoms with van der Waals surface area (Å²) in [4.78, 5) is 21.3. The van der Waals surface area contributed by atoms with E-state index in [0.717, 1.165) is 0 Å². The number of nitro benzene ring substituents is 1. The summed E-state index contributed by atoms with van der Waals surface area (Å²) >= 11 is 3.21. The summed E-state index contributed by atoms with van der Waals surface area (Å²) < 4.78 is 5.93. The van der Waals surface area contributed by atoms with Gasteiger partial charge in [0.1, 0.15) is 0 Å². The van der Waals surface area contributed by atoms with Crippen molar-refractivity contribution < 1.29 is 19.6 Å². The topological polar surface area (TPSA) is 89.7 Å². The molecule has 1 aromatic carbocycles. The van der Waals surface area contributed by atoms with Crippen LogP contribution in [0.5, 0.6) is 5.75 Å². The van der Waals surface area contributed by atoms with Crippen LogP contribution in [0.2, 0.25) is 0 Å². The second kappa shape index (κ2) is 6.69. The van der Waals surface area contributed by atoms with Crippen LogP contribution in [-0.4, -0.2) is 22.6 Å². The van der Waals surface area contributed by atoms with Crippen LogP contribution in [0.1, 0.15) is 26.7 Å². The van der Waals surface area contributed by atoms with E-state index >= 15 is 0 Å². The number of ether oxygens (including phenoxy) is 1. The third kappa shape index (κ3) is 4.19. The number of nitro groups is 1. The van der Waals surface area contributed by atoms with Crippen LogP contribution in [0.15, 0.2) is 22.7 Å². The van der Waals surface area contributed by atoms with E-state index in [9.17, 15) is 14.9 Å². The van der Waals surface area contributed by atoms with Gasteiger partial charge in [-0.25, -0.2) is 0 Å². The summed E-state index contributed by atoms with van der Waals surface area (Å²) in [6.07, 6.45) is 0.929. The first-order chi connectivity index (χ1) is 9.25. The molecule has 110 valence electrons. The van der Waals surface area contributed by atoms with Gasteiger partial charge in [0, 0.05) is 6.07 Å². The molecule has 0 unspecified atom stereocenters. The fourth-order valence-electron chi connectivity index (χ4n) is 1.58. The van der Waals surface area contributed by atoms with E-state index in [4.69, 9.17) is 9.84 Å². The highest BCUT2D eigenvalue weighted by Gasteiger charge is 2.26. The molecule has 6 nitrogen and oxygen atoms in total. The number of carboxylic acid groups (broad SMARTS) is 1. The smallest absolute Gasteiger partial charge is 0.312 e. The first-order valence-corrected chi connectivity index (χ1v) is 6.84. The maximum Gasteiger partial charge on any atom is 0.312 e. The number of hydrogen-bond acceptors (Lipinski definition) is 4. The Morgan fingerprint density at radius 3 is 2.70 bits per heavy atom. The average Bonchev–Trinajstić information content (AvgIpc) is 2.35. The van der Waals surface area contributed by atoms with E-state index in [2.05, 4.69) is 15.9 Å². The Labute approximate surface area is 125 Å². The van der Waals surface area contributed by atoms with Crippen molar-refractivity contribution in [3.8, 4) is 5.75 Å². The summed E-state index contributed by atoms with van der Waals surface area (Å²) in [5.74, 6) is -0.699. The molecule has 1 rings (SSSR count). The Balaban J connectivity index is 2.63. The van der Waals surface area contributed by atoms with Gasteiger partial charge in [0.2, 0.25) is 5.75 Å². The zero-order valence-electron chi connectivity index (χ0n) is 11.3. The SMILES string of the molecule is CC(C)(CCCOc1c(Br)cccc1[N+](=O)[O-])C(=O)O. The van der Waals surface area contributed by atoms with Gasteiger partial charge in [0.05, 0.1) is 21.4 Å².